The monoisotopic (exact) mass is 236 g/mol. The summed E-state index contributed by atoms with van der Waals surface area (Å²) in [5.41, 5.74) is 1.29. The number of anilines is 1. The number of hydrogen-bond donors (Lipinski definition) is 1. The Kier molecular flexibility index (Phi) is 2.79. The quantitative estimate of drug-likeness (QED) is 0.628. The molecule has 1 heterocycles. The summed E-state index contributed by atoms with van der Waals surface area (Å²) in [6.07, 6.45) is 0.726. The van der Waals surface area contributed by atoms with Crippen LogP contribution in [0.3, 0.4) is 0 Å². The molecule has 1 fully saturated rings. The number of rotatable bonds is 2. The van der Waals surface area contributed by atoms with Crippen molar-refractivity contribution in [3.63, 3.8) is 0 Å². The zero-order valence-corrected chi connectivity index (χ0v) is 10.0. The molecule has 0 spiro atoms. The van der Waals surface area contributed by atoms with Crippen LogP contribution in [0, 0.1) is 17.0 Å². The largest absolute Gasteiger partial charge is 0.388 e. The van der Waals surface area contributed by atoms with E-state index in [-0.39, 0.29) is 5.69 Å². The molecular weight excluding hydrogens is 220 g/mol. The van der Waals surface area contributed by atoms with Crippen molar-refractivity contribution in [2.75, 3.05) is 18.0 Å². The van der Waals surface area contributed by atoms with E-state index in [2.05, 4.69) is 4.90 Å². The lowest BCUT2D eigenvalue weighted by Gasteiger charge is -2.22. The van der Waals surface area contributed by atoms with E-state index in [1.165, 1.54) is 6.07 Å². The summed E-state index contributed by atoms with van der Waals surface area (Å²) >= 11 is 0. The predicted molar refractivity (Wildman–Crippen MR) is 65.3 cm³/mol. The molecule has 1 aromatic carbocycles. The molecule has 92 valence electrons. The van der Waals surface area contributed by atoms with Crippen LogP contribution in [0.4, 0.5) is 11.4 Å². The molecule has 1 N–H and O–H groups in total. The standard InChI is InChI=1S/C12H16N2O3/c1-9-7-10(14(16)17)3-4-11(9)13-6-5-12(2,15)8-13/h3-4,7,15H,5-6,8H2,1-2H3. The van der Waals surface area contributed by atoms with E-state index in [0.29, 0.717) is 6.54 Å². The maximum Gasteiger partial charge on any atom is 0.269 e. The molecule has 0 amide bonds. The molecule has 2 rings (SSSR count). The van der Waals surface area contributed by atoms with Crippen LogP contribution in [0.5, 0.6) is 0 Å². The molecule has 1 aliphatic heterocycles. The first-order valence-electron chi connectivity index (χ1n) is 5.61. The fourth-order valence-corrected chi connectivity index (χ4v) is 2.26. The first kappa shape index (κ1) is 11.9. The van der Waals surface area contributed by atoms with Crippen LogP contribution in [-0.4, -0.2) is 28.7 Å². The van der Waals surface area contributed by atoms with Crippen LogP contribution in [0.2, 0.25) is 0 Å². The molecule has 0 aromatic heterocycles. The minimum Gasteiger partial charge on any atom is -0.388 e. The number of benzene rings is 1. The van der Waals surface area contributed by atoms with Crippen LogP contribution in [0.25, 0.3) is 0 Å². The third-order valence-electron chi connectivity index (χ3n) is 3.18. The lowest BCUT2D eigenvalue weighted by Crippen LogP contribution is -2.29. The number of nitro groups is 1. The maximum atomic E-state index is 10.6. The van der Waals surface area contributed by atoms with E-state index < -0.39 is 10.5 Å². The van der Waals surface area contributed by atoms with E-state index in [9.17, 15) is 15.2 Å². The zero-order chi connectivity index (χ0) is 12.6. The fraction of sp³-hybridized carbons (Fsp3) is 0.500. The average molecular weight is 236 g/mol. The summed E-state index contributed by atoms with van der Waals surface area (Å²) < 4.78 is 0. The second-order valence-electron chi connectivity index (χ2n) is 4.90. The van der Waals surface area contributed by atoms with Crippen LogP contribution >= 0.6 is 0 Å². The van der Waals surface area contributed by atoms with Gasteiger partial charge in [-0.3, -0.25) is 10.1 Å². The summed E-state index contributed by atoms with van der Waals surface area (Å²) in [7, 11) is 0. The molecule has 0 radical (unpaired) electrons. The van der Waals surface area contributed by atoms with E-state index in [0.717, 1.165) is 24.2 Å². The van der Waals surface area contributed by atoms with E-state index in [4.69, 9.17) is 0 Å². The van der Waals surface area contributed by atoms with Gasteiger partial charge in [-0.2, -0.15) is 0 Å². The summed E-state index contributed by atoms with van der Waals surface area (Å²) in [5, 5.41) is 20.6. The predicted octanol–water partition coefficient (Wildman–Crippen LogP) is 1.86. The molecule has 0 bridgehead atoms. The topological polar surface area (TPSA) is 66.6 Å². The average Bonchev–Trinajstić information content (AvgIpc) is 2.58. The molecule has 5 heteroatoms. The lowest BCUT2D eigenvalue weighted by molar-refractivity contribution is -0.384. The van der Waals surface area contributed by atoms with Crippen molar-refractivity contribution in [3.8, 4) is 0 Å². The van der Waals surface area contributed by atoms with Crippen molar-refractivity contribution in [1.82, 2.24) is 0 Å². The van der Waals surface area contributed by atoms with Crippen LogP contribution in [0.15, 0.2) is 18.2 Å². The highest BCUT2D eigenvalue weighted by Crippen LogP contribution is 2.30. The molecule has 1 unspecified atom stereocenters. The van der Waals surface area contributed by atoms with Crippen molar-refractivity contribution in [3.05, 3.63) is 33.9 Å². The van der Waals surface area contributed by atoms with Crippen LogP contribution < -0.4 is 4.90 Å². The minimum atomic E-state index is -0.659. The van der Waals surface area contributed by atoms with Crippen molar-refractivity contribution >= 4 is 11.4 Å². The van der Waals surface area contributed by atoms with E-state index in [1.807, 2.05) is 13.8 Å². The fourth-order valence-electron chi connectivity index (χ4n) is 2.26. The van der Waals surface area contributed by atoms with Gasteiger partial charge in [-0.1, -0.05) is 0 Å². The SMILES string of the molecule is Cc1cc([N+](=O)[O-])ccc1N1CCC(C)(O)C1. The molecule has 17 heavy (non-hydrogen) atoms. The van der Waals surface area contributed by atoms with Gasteiger partial charge < -0.3 is 10.0 Å². The number of hydrogen-bond acceptors (Lipinski definition) is 4. The normalized spacial score (nSPS) is 24.1. The van der Waals surface area contributed by atoms with Gasteiger partial charge in [0, 0.05) is 30.9 Å². The molecule has 1 aromatic rings. The number of aliphatic hydroxyl groups is 1. The van der Waals surface area contributed by atoms with Crippen molar-refractivity contribution < 1.29 is 10.0 Å². The van der Waals surface area contributed by atoms with Crippen molar-refractivity contribution in [1.29, 1.82) is 0 Å². The molecule has 1 aliphatic rings. The summed E-state index contributed by atoms with van der Waals surface area (Å²) in [6.45, 7) is 5.03. The van der Waals surface area contributed by atoms with Gasteiger partial charge in [-0.05, 0) is 31.9 Å². The molecule has 1 saturated heterocycles. The van der Waals surface area contributed by atoms with Gasteiger partial charge in [0.15, 0.2) is 0 Å². The molecule has 0 saturated carbocycles. The number of non-ortho nitro benzene ring substituents is 1. The second-order valence-corrected chi connectivity index (χ2v) is 4.90. The van der Waals surface area contributed by atoms with Gasteiger partial charge in [0.2, 0.25) is 0 Å². The van der Waals surface area contributed by atoms with Gasteiger partial charge in [0.05, 0.1) is 10.5 Å². The Morgan fingerprint density at radius 3 is 2.71 bits per heavy atom. The lowest BCUT2D eigenvalue weighted by atomic mass is 10.1. The molecule has 0 aliphatic carbocycles. The van der Waals surface area contributed by atoms with Gasteiger partial charge >= 0.3 is 0 Å². The zero-order valence-electron chi connectivity index (χ0n) is 10.0. The summed E-state index contributed by atoms with van der Waals surface area (Å²) in [5.74, 6) is 0. The Bertz CT molecular complexity index is 457. The van der Waals surface area contributed by atoms with Gasteiger partial charge in [-0.15, -0.1) is 0 Å². The number of nitro benzene ring substituents is 1. The first-order valence-corrected chi connectivity index (χ1v) is 5.61. The molecular formula is C12H16N2O3. The van der Waals surface area contributed by atoms with E-state index in [1.54, 1.807) is 12.1 Å². The third-order valence-corrected chi connectivity index (χ3v) is 3.18. The van der Waals surface area contributed by atoms with Crippen molar-refractivity contribution in [2.45, 2.75) is 25.9 Å². The molecule has 5 nitrogen and oxygen atoms in total. The highest BCUT2D eigenvalue weighted by molar-refractivity contribution is 5.58. The number of β-amino-alcohol motifs (C(OH)–C–C–N with tert-alkyl or cyclic N) is 1. The Labute approximate surface area is 99.8 Å². The van der Waals surface area contributed by atoms with Gasteiger partial charge in [-0.25, -0.2) is 0 Å². The Morgan fingerprint density at radius 1 is 1.53 bits per heavy atom. The minimum absolute atomic E-state index is 0.109. The Hall–Kier alpha value is -1.62. The third kappa shape index (κ3) is 2.39. The number of nitrogens with zero attached hydrogens (tertiary/aromatic N) is 2. The smallest absolute Gasteiger partial charge is 0.269 e. The second kappa shape index (κ2) is 4.00. The van der Waals surface area contributed by atoms with E-state index >= 15 is 0 Å². The van der Waals surface area contributed by atoms with Crippen molar-refractivity contribution in [2.24, 2.45) is 0 Å². The maximum absolute atomic E-state index is 10.6. The van der Waals surface area contributed by atoms with Crippen LogP contribution in [-0.2, 0) is 0 Å². The Balaban J connectivity index is 2.26. The highest BCUT2D eigenvalue weighted by atomic mass is 16.6. The summed E-state index contributed by atoms with van der Waals surface area (Å²) in [6, 6.07) is 4.84. The Morgan fingerprint density at radius 2 is 2.24 bits per heavy atom. The highest BCUT2D eigenvalue weighted by Gasteiger charge is 2.32. The summed E-state index contributed by atoms with van der Waals surface area (Å²) in [4.78, 5) is 12.3. The van der Waals surface area contributed by atoms with Crippen LogP contribution in [0.1, 0.15) is 18.9 Å². The molecule has 1 atom stereocenters. The first-order chi connectivity index (χ1) is 7.89. The van der Waals surface area contributed by atoms with Gasteiger partial charge in [0.1, 0.15) is 0 Å². The number of aryl methyl sites for hydroxylation is 1. The van der Waals surface area contributed by atoms with Gasteiger partial charge in [0.25, 0.3) is 5.69 Å².